The molecule has 1 unspecified atom stereocenters. The summed E-state index contributed by atoms with van der Waals surface area (Å²) in [6.45, 7) is 8.11. The molecule has 0 aromatic heterocycles. The molecular formula is C26H41N3O5. The highest BCUT2D eigenvalue weighted by atomic mass is 16.8. The van der Waals surface area contributed by atoms with Crippen LogP contribution in [0.15, 0.2) is 30.3 Å². The minimum atomic E-state index is -0.707. The molecule has 1 heterocycles. The maximum Gasteiger partial charge on any atom is 0.242 e. The number of nitrogens with one attached hydrogen (secondary N) is 2. The number of likely N-dealkylation sites (N-methyl/N-ethyl adjacent to an activating group) is 1. The smallest absolute Gasteiger partial charge is 0.242 e. The molecule has 1 aliphatic rings. The molecule has 0 aliphatic carbocycles. The Morgan fingerprint density at radius 2 is 1.91 bits per heavy atom. The van der Waals surface area contributed by atoms with Crippen LogP contribution in [0, 0.1) is 11.3 Å². The van der Waals surface area contributed by atoms with Crippen LogP contribution in [0.25, 0.3) is 0 Å². The molecule has 8 heteroatoms. The molecule has 1 saturated heterocycles. The van der Waals surface area contributed by atoms with Crippen molar-refractivity contribution in [3.8, 4) is 0 Å². The van der Waals surface area contributed by atoms with E-state index in [4.69, 9.17) is 9.57 Å². The number of rotatable bonds is 12. The van der Waals surface area contributed by atoms with Gasteiger partial charge in [0.25, 0.3) is 0 Å². The summed E-state index contributed by atoms with van der Waals surface area (Å²) in [6, 6.07) is 8.82. The Hall–Kier alpha value is -2.45. The molecule has 4 atom stereocenters. The molecule has 1 aromatic rings. The van der Waals surface area contributed by atoms with Crippen LogP contribution in [-0.4, -0.2) is 55.3 Å². The third-order valence-electron chi connectivity index (χ3n) is 6.29. The molecule has 2 N–H and O–H groups in total. The van der Waals surface area contributed by atoms with E-state index in [1.807, 2.05) is 39.0 Å². The van der Waals surface area contributed by atoms with E-state index in [-0.39, 0.29) is 11.8 Å². The van der Waals surface area contributed by atoms with E-state index in [1.165, 1.54) is 10.6 Å². The van der Waals surface area contributed by atoms with Gasteiger partial charge in [0, 0.05) is 20.1 Å². The zero-order valence-electron chi connectivity index (χ0n) is 21.2. The van der Waals surface area contributed by atoms with E-state index in [0.717, 1.165) is 25.7 Å². The van der Waals surface area contributed by atoms with Crippen LogP contribution in [0.4, 0.5) is 0 Å². The van der Waals surface area contributed by atoms with Crippen LogP contribution in [0.3, 0.4) is 0 Å². The Bertz CT molecular complexity index is 774. The summed E-state index contributed by atoms with van der Waals surface area (Å²) >= 11 is 0. The topological polar surface area (TPSA) is 97.0 Å². The highest BCUT2D eigenvalue weighted by Crippen LogP contribution is 2.24. The summed E-state index contributed by atoms with van der Waals surface area (Å²) in [7, 11) is 1.55. The van der Waals surface area contributed by atoms with Crippen molar-refractivity contribution in [1.29, 1.82) is 0 Å². The lowest BCUT2D eigenvalue weighted by atomic mass is 9.85. The summed E-state index contributed by atoms with van der Waals surface area (Å²) in [4.78, 5) is 43.8. The number of hydrogen-bond acceptors (Lipinski definition) is 5. The Morgan fingerprint density at radius 1 is 1.21 bits per heavy atom. The number of nitrogens with zero attached hydrogens (tertiary/aromatic N) is 1. The second-order valence-electron chi connectivity index (χ2n) is 10.0. The number of benzene rings is 1. The average Bonchev–Trinajstić information content (AvgIpc) is 2.83. The molecule has 0 bridgehead atoms. The van der Waals surface area contributed by atoms with Crippen LogP contribution >= 0.6 is 0 Å². The fraction of sp³-hybridized carbons (Fsp3) is 0.654. The van der Waals surface area contributed by atoms with Crippen molar-refractivity contribution < 1.29 is 24.0 Å². The molecule has 0 radical (unpaired) electrons. The Balaban J connectivity index is 2.17. The van der Waals surface area contributed by atoms with Gasteiger partial charge < -0.3 is 15.4 Å². The SMILES string of the molecule is CNC(=O)[C@@H](NC(=O)[C@H](CCCc1ccccc1)[C@H](C)N(C=O)OC1CCCCO1)C(C)(C)C. The second-order valence-corrected chi connectivity index (χ2v) is 10.0. The molecule has 0 spiro atoms. The first-order chi connectivity index (χ1) is 16.2. The Kier molecular flexibility index (Phi) is 11.0. The fourth-order valence-electron chi connectivity index (χ4n) is 4.16. The van der Waals surface area contributed by atoms with Gasteiger partial charge in [-0.05, 0) is 50.0 Å². The number of carbonyl (C=O) groups excluding carboxylic acids is 3. The molecule has 3 amide bonds. The van der Waals surface area contributed by atoms with Crippen LogP contribution in [0.5, 0.6) is 0 Å². The van der Waals surface area contributed by atoms with Crippen molar-refractivity contribution >= 4 is 18.2 Å². The molecule has 8 nitrogen and oxygen atoms in total. The molecule has 1 aliphatic heterocycles. The highest BCUT2D eigenvalue weighted by Gasteiger charge is 2.37. The van der Waals surface area contributed by atoms with Gasteiger partial charge in [-0.2, -0.15) is 0 Å². The maximum atomic E-state index is 13.5. The van der Waals surface area contributed by atoms with E-state index in [2.05, 4.69) is 22.8 Å². The van der Waals surface area contributed by atoms with Crippen molar-refractivity contribution in [2.24, 2.45) is 11.3 Å². The summed E-state index contributed by atoms with van der Waals surface area (Å²) in [5.41, 5.74) is 0.705. The van der Waals surface area contributed by atoms with Crippen molar-refractivity contribution in [2.45, 2.75) is 84.6 Å². The van der Waals surface area contributed by atoms with Gasteiger partial charge in [-0.15, -0.1) is 0 Å². The van der Waals surface area contributed by atoms with Gasteiger partial charge in [-0.1, -0.05) is 51.1 Å². The predicted molar refractivity (Wildman–Crippen MR) is 130 cm³/mol. The third-order valence-corrected chi connectivity index (χ3v) is 6.29. The number of carbonyl (C=O) groups is 3. The first-order valence-corrected chi connectivity index (χ1v) is 12.2. The first kappa shape index (κ1) is 27.8. The lowest BCUT2D eigenvalue weighted by molar-refractivity contribution is -0.287. The van der Waals surface area contributed by atoms with Crippen molar-refractivity contribution in [2.75, 3.05) is 13.7 Å². The second kappa shape index (κ2) is 13.4. The standard InChI is InChI=1S/C26H41N3O5/c1-19(29(18-30)34-22-16-9-10-17-33-22)21(15-11-14-20-12-7-6-8-13-20)24(31)28-23(25(32)27-5)26(2,3)4/h6-8,12-13,18-19,21-23H,9-11,14-17H2,1-5H3,(H,27,32)(H,28,31)/t19-,21+,22?,23+/m0/s1. The molecule has 0 saturated carbocycles. The largest absolute Gasteiger partial charge is 0.357 e. The van der Waals surface area contributed by atoms with E-state index in [1.54, 1.807) is 14.0 Å². The lowest BCUT2D eigenvalue weighted by Gasteiger charge is -2.36. The molecule has 190 valence electrons. The number of hydroxylamine groups is 2. The van der Waals surface area contributed by atoms with E-state index >= 15 is 0 Å². The van der Waals surface area contributed by atoms with Gasteiger partial charge in [-0.25, -0.2) is 9.90 Å². The van der Waals surface area contributed by atoms with Gasteiger partial charge in [0.1, 0.15) is 6.04 Å². The molecule has 34 heavy (non-hydrogen) atoms. The maximum absolute atomic E-state index is 13.5. The zero-order chi connectivity index (χ0) is 25.1. The zero-order valence-corrected chi connectivity index (χ0v) is 21.2. The summed E-state index contributed by atoms with van der Waals surface area (Å²) in [5.74, 6) is -1.09. The van der Waals surface area contributed by atoms with Gasteiger partial charge in [0.15, 0.2) is 6.29 Å². The van der Waals surface area contributed by atoms with Gasteiger partial charge >= 0.3 is 0 Å². The predicted octanol–water partition coefficient (Wildman–Crippen LogP) is 3.21. The molecular weight excluding hydrogens is 434 g/mol. The van der Waals surface area contributed by atoms with Gasteiger partial charge in [0.05, 0.1) is 12.0 Å². The first-order valence-electron chi connectivity index (χ1n) is 12.2. The van der Waals surface area contributed by atoms with Crippen molar-refractivity contribution in [3.05, 3.63) is 35.9 Å². The van der Waals surface area contributed by atoms with Crippen LogP contribution < -0.4 is 10.6 Å². The van der Waals surface area contributed by atoms with Crippen molar-refractivity contribution in [1.82, 2.24) is 15.7 Å². The van der Waals surface area contributed by atoms with E-state index in [9.17, 15) is 14.4 Å². The minimum absolute atomic E-state index is 0.254. The monoisotopic (exact) mass is 475 g/mol. The third kappa shape index (κ3) is 8.40. The van der Waals surface area contributed by atoms with Crippen LogP contribution in [0.1, 0.15) is 65.4 Å². The van der Waals surface area contributed by atoms with Crippen LogP contribution in [0.2, 0.25) is 0 Å². The molecule has 1 aromatic carbocycles. The average molecular weight is 476 g/mol. The highest BCUT2D eigenvalue weighted by molar-refractivity contribution is 5.89. The van der Waals surface area contributed by atoms with E-state index < -0.39 is 29.7 Å². The normalized spacial score (nSPS) is 18.9. The number of hydrogen-bond donors (Lipinski definition) is 2. The lowest BCUT2D eigenvalue weighted by Crippen LogP contribution is -2.56. The molecule has 1 fully saturated rings. The summed E-state index contributed by atoms with van der Waals surface area (Å²) in [5, 5.41) is 6.78. The van der Waals surface area contributed by atoms with Gasteiger partial charge in [-0.3, -0.25) is 14.4 Å². The van der Waals surface area contributed by atoms with E-state index in [0.29, 0.717) is 25.9 Å². The Morgan fingerprint density at radius 3 is 2.47 bits per heavy atom. The van der Waals surface area contributed by atoms with Crippen molar-refractivity contribution in [3.63, 3.8) is 0 Å². The molecule has 2 rings (SSSR count). The fourth-order valence-corrected chi connectivity index (χ4v) is 4.16. The van der Waals surface area contributed by atoms with Crippen LogP contribution in [-0.2, 0) is 30.4 Å². The number of ether oxygens (including phenoxy) is 1. The number of amides is 3. The number of aryl methyl sites for hydroxylation is 1. The Labute approximate surface area is 203 Å². The van der Waals surface area contributed by atoms with Gasteiger partial charge in [0.2, 0.25) is 18.2 Å². The summed E-state index contributed by atoms with van der Waals surface area (Å²) < 4.78 is 5.62. The minimum Gasteiger partial charge on any atom is -0.357 e. The summed E-state index contributed by atoms with van der Waals surface area (Å²) in [6.07, 6.45) is 4.84. The quantitative estimate of drug-likeness (QED) is 0.357.